The summed E-state index contributed by atoms with van der Waals surface area (Å²) in [7, 11) is 0. The molecule has 3 aromatic carbocycles. The molecule has 1 amide bonds. The number of carbonyl (C=O) groups excluding carboxylic acids is 2. The molecule has 0 saturated heterocycles. The van der Waals surface area contributed by atoms with Crippen LogP contribution in [0.15, 0.2) is 78.9 Å². The Balaban J connectivity index is 1.50. The second kappa shape index (κ2) is 9.32. The van der Waals surface area contributed by atoms with Gasteiger partial charge in [0.2, 0.25) is 0 Å². The van der Waals surface area contributed by atoms with Crippen molar-refractivity contribution in [2.75, 3.05) is 13.2 Å². The monoisotopic (exact) mass is 387 g/mol. The van der Waals surface area contributed by atoms with Crippen molar-refractivity contribution in [2.45, 2.75) is 0 Å². The summed E-state index contributed by atoms with van der Waals surface area (Å²) in [5.74, 6) is 0.220. The smallest absolute Gasteiger partial charge is 0.251 e. The minimum Gasteiger partial charge on any atom is -0.492 e. The van der Waals surface area contributed by atoms with Crippen LogP contribution in [0.2, 0.25) is 0 Å². The summed E-state index contributed by atoms with van der Waals surface area (Å²) in [5.41, 5.74) is 7.64. The highest BCUT2D eigenvalue weighted by molar-refractivity contribution is 6.09. The van der Waals surface area contributed by atoms with Gasteiger partial charge >= 0.3 is 0 Å². The number of nitrogens with two attached hydrogens (primary N) is 1. The Kier molecular flexibility index (Phi) is 6.37. The molecule has 4 N–H and O–H groups in total. The SMILES string of the molecule is N=C(N)c1cccc(OCCNC(=O)c2ccc(C(=O)c3ccccc3)cc2)c1. The number of nitrogens with one attached hydrogen (secondary N) is 2. The van der Waals surface area contributed by atoms with Gasteiger partial charge in [-0.1, -0.05) is 54.6 Å². The fraction of sp³-hybridized carbons (Fsp3) is 0.0870. The molecule has 146 valence electrons. The van der Waals surface area contributed by atoms with Gasteiger partial charge in [0.25, 0.3) is 5.91 Å². The first kappa shape index (κ1) is 19.8. The quantitative estimate of drug-likeness (QED) is 0.239. The molecule has 3 aromatic rings. The number of nitrogen functional groups attached to an aromatic ring is 1. The molecule has 0 aromatic heterocycles. The zero-order valence-corrected chi connectivity index (χ0v) is 15.7. The maximum absolute atomic E-state index is 12.4. The number of benzene rings is 3. The molecular weight excluding hydrogens is 366 g/mol. The summed E-state index contributed by atoms with van der Waals surface area (Å²) in [5, 5.41) is 10.2. The van der Waals surface area contributed by atoms with E-state index in [1.165, 1.54) is 0 Å². The van der Waals surface area contributed by atoms with E-state index in [0.29, 0.717) is 34.5 Å². The number of rotatable bonds is 8. The molecule has 0 aliphatic rings. The lowest BCUT2D eigenvalue weighted by Gasteiger charge is -2.09. The standard InChI is InChI=1S/C23H21N3O3/c24-22(25)19-7-4-8-20(15-19)29-14-13-26-23(28)18-11-9-17(10-12-18)21(27)16-5-2-1-3-6-16/h1-12,15H,13-14H2,(H3,24,25)(H,26,28). The highest BCUT2D eigenvalue weighted by Gasteiger charge is 2.10. The average Bonchev–Trinajstić information content (AvgIpc) is 2.77. The van der Waals surface area contributed by atoms with E-state index in [1.807, 2.05) is 18.2 Å². The van der Waals surface area contributed by atoms with Crippen molar-refractivity contribution in [3.8, 4) is 5.75 Å². The van der Waals surface area contributed by atoms with Crippen LogP contribution in [-0.2, 0) is 0 Å². The molecule has 6 heteroatoms. The topological polar surface area (TPSA) is 105 Å². The van der Waals surface area contributed by atoms with Gasteiger partial charge in [-0.2, -0.15) is 0 Å². The van der Waals surface area contributed by atoms with Crippen molar-refractivity contribution in [2.24, 2.45) is 5.73 Å². The summed E-state index contributed by atoms with van der Waals surface area (Å²) in [6.45, 7) is 0.589. The molecular formula is C23H21N3O3. The van der Waals surface area contributed by atoms with E-state index in [9.17, 15) is 9.59 Å². The maximum Gasteiger partial charge on any atom is 0.251 e. The lowest BCUT2D eigenvalue weighted by atomic mass is 10.0. The van der Waals surface area contributed by atoms with Crippen LogP contribution in [0, 0.1) is 5.41 Å². The second-order valence-electron chi connectivity index (χ2n) is 6.32. The zero-order chi connectivity index (χ0) is 20.6. The fourth-order valence-electron chi connectivity index (χ4n) is 2.72. The highest BCUT2D eigenvalue weighted by Crippen LogP contribution is 2.13. The predicted octanol–water partition coefficient (Wildman–Crippen LogP) is 3.01. The first-order chi connectivity index (χ1) is 14.0. The van der Waals surface area contributed by atoms with Gasteiger partial charge in [0, 0.05) is 22.3 Å². The van der Waals surface area contributed by atoms with Crippen LogP contribution in [0.1, 0.15) is 31.8 Å². The van der Waals surface area contributed by atoms with Crippen molar-refractivity contribution < 1.29 is 14.3 Å². The number of hydrogen-bond donors (Lipinski definition) is 3. The van der Waals surface area contributed by atoms with E-state index in [4.69, 9.17) is 15.9 Å². The Morgan fingerprint density at radius 1 is 0.828 bits per heavy atom. The number of ether oxygens (including phenoxy) is 1. The van der Waals surface area contributed by atoms with Crippen molar-refractivity contribution >= 4 is 17.5 Å². The third kappa shape index (κ3) is 5.29. The van der Waals surface area contributed by atoms with Crippen molar-refractivity contribution in [1.29, 1.82) is 5.41 Å². The first-order valence-electron chi connectivity index (χ1n) is 9.10. The number of amidine groups is 1. The van der Waals surface area contributed by atoms with E-state index < -0.39 is 0 Å². The van der Waals surface area contributed by atoms with Crippen LogP contribution in [0.5, 0.6) is 5.75 Å². The highest BCUT2D eigenvalue weighted by atomic mass is 16.5. The van der Waals surface area contributed by atoms with Crippen molar-refractivity contribution in [3.63, 3.8) is 0 Å². The van der Waals surface area contributed by atoms with Gasteiger partial charge in [0.1, 0.15) is 18.2 Å². The van der Waals surface area contributed by atoms with Gasteiger partial charge in [-0.05, 0) is 24.3 Å². The molecule has 0 radical (unpaired) electrons. The molecule has 0 spiro atoms. The normalized spacial score (nSPS) is 10.2. The number of amides is 1. The Hall–Kier alpha value is -3.93. The van der Waals surface area contributed by atoms with Crippen LogP contribution in [0.4, 0.5) is 0 Å². The number of carbonyl (C=O) groups is 2. The molecule has 0 atom stereocenters. The van der Waals surface area contributed by atoms with Crippen molar-refractivity contribution in [3.05, 3.63) is 101 Å². The van der Waals surface area contributed by atoms with E-state index in [-0.39, 0.29) is 24.1 Å². The van der Waals surface area contributed by atoms with Crippen LogP contribution < -0.4 is 15.8 Å². The van der Waals surface area contributed by atoms with Gasteiger partial charge in [-0.3, -0.25) is 15.0 Å². The molecule has 3 rings (SSSR count). The molecule has 29 heavy (non-hydrogen) atoms. The summed E-state index contributed by atoms with van der Waals surface area (Å²) >= 11 is 0. The lowest BCUT2D eigenvalue weighted by Crippen LogP contribution is -2.28. The molecule has 0 saturated carbocycles. The molecule has 0 fully saturated rings. The van der Waals surface area contributed by atoms with Gasteiger partial charge < -0.3 is 15.8 Å². The van der Waals surface area contributed by atoms with Gasteiger partial charge in [-0.15, -0.1) is 0 Å². The van der Waals surface area contributed by atoms with Crippen LogP contribution >= 0.6 is 0 Å². The molecule has 0 bridgehead atoms. The Labute approximate surface area is 168 Å². The van der Waals surface area contributed by atoms with Crippen LogP contribution in [-0.4, -0.2) is 30.7 Å². The third-order valence-electron chi connectivity index (χ3n) is 4.25. The Morgan fingerprint density at radius 2 is 1.45 bits per heavy atom. The van der Waals surface area contributed by atoms with Crippen molar-refractivity contribution in [1.82, 2.24) is 5.32 Å². The van der Waals surface area contributed by atoms with E-state index in [2.05, 4.69) is 5.32 Å². The summed E-state index contributed by atoms with van der Waals surface area (Å²) in [4.78, 5) is 24.7. The molecule has 0 aliphatic heterocycles. The minimum atomic E-state index is -0.246. The van der Waals surface area contributed by atoms with E-state index in [1.54, 1.807) is 60.7 Å². The summed E-state index contributed by atoms with van der Waals surface area (Å²) in [6.07, 6.45) is 0. The Morgan fingerprint density at radius 3 is 2.14 bits per heavy atom. The number of hydrogen-bond acceptors (Lipinski definition) is 4. The first-order valence-corrected chi connectivity index (χ1v) is 9.10. The lowest BCUT2D eigenvalue weighted by molar-refractivity contribution is 0.0945. The Bertz CT molecular complexity index is 1020. The second-order valence-corrected chi connectivity index (χ2v) is 6.32. The molecule has 0 heterocycles. The van der Waals surface area contributed by atoms with Crippen LogP contribution in [0.3, 0.4) is 0 Å². The van der Waals surface area contributed by atoms with Gasteiger partial charge in [0.05, 0.1) is 6.54 Å². The molecule has 6 nitrogen and oxygen atoms in total. The van der Waals surface area contributed by atoms with Crippen LogP contribution in [0.25, 0.3) is 0 Å². The minimum absolute atomic E-state index is 0.0297. The number of ketones is 1. The van der Waals surface area contributed by atoms with Gasteiger partial charge in [-0.25, -0.2) is 0 Å². The summed E-state index contributed by atoms with van der Waals surface area (Å²) < 4.78 is 5.57. The largest absolute Gasteiger partial charge is 0.492 e. The summed E-state index contributed by atoms with van der Waals surface area (Å²) in [6, 6.07) is 22.5. The average molecular weight is 387 g/mol. The molecule has 0 unspecified atom stereocenters. The van der Waals surface area contributed by atoms with Gasteiger partial charge in [0.15, 0.2) is 5.78 Å². The third-order valence-corrected chi connectivity index (χ3v) is 4.25. The zero-order valence-electron chi connectivity index (χ0n) is 15.7. The van der Waals surface area contributed by atoms with E-state index >= 15 is 0 Å². The maximum atomic E-state index is 12.4. The predicted molar refractivity (Wildman–Crippen MR) is 112 cm³/mol. The fourth-order valence-corrected chi connectivity index (χ4v) is 2.72. The van der Waals surface area contributed by atoms with E-state index in [0.717, 1.165) is 0 Å². The molecule has 0 aliphatic carbocycles.